The summed E-state index contributed by atoms with van der Waals surface area (Å²) in [7, 11) is 3.19. The first kappa shape index (κ1) is 20.1. The van der Waals surface area contributed by atoms with E-state index in [2.05, 4.69) is 10.2 Å². The van der Waals surface area contributed by atoms with Gasteiger partial charge in [-0.2, -0.15) is 0 Å². The van der Waals surface area contributed by atoms with Gasteiger partial charge >= 0.3 is 0 Å². The summed E-state index contributed by atoms with van der Waals surface area (Å²) in [4.78, 5) is 14.7. The van der Waals surface area contributed by atoms with Gasteiger partial charge in [0.2, 0.25) is 11.8 Å². The largest absolute Gasteiger partial charge is 0.497 e. The lowest BCUT2D eigenvalue weighted by atomic mass is 9.75. The lowest BCUT2D eigenvalue weighted by Crippen LogP contribution is -2.45. The average molecular weight is 418 g/mol. The second kappa shape index (κ2) is 9.07. The van der Waals surface area contributed by atoms with Crippen molar-refractivity contribution in [3.8, 4) is 23.0 Å². The SMILES string of the molecule is COc1cc(OC)cc(-c2nnc(SCC(=O)N3CC[C@H]4CCCC[C@H]4C3)o2)c1. The van der Waals surface area contributed by atoms with Crippen LogP contribution >= 0.6 is 11.8 Å². The Balaban J connectivity index is 1.35. The third kappa shape index (κ3) is 4.69. The van der Waals surface area contributed by atoms with Crippen molar-refractivity contribution in [3.05, 3.63) is 18.2 Å². The van der Waals surface area contributed by atoms with Gasteiger partial charge in [-0.3, -0.25) is 4.79 Å². The maximum atomic E-state index is 12.7. The normalized spacial score (nSPS) is 21.5. The highest BCUT2D eigenvalue weighted by molar-refractivity contribution is 7.99. The molecule has 1 amide bonds. The Morgan fingerprint density at radius 2 is 1.83 bits per heavy atom. The Labute approximate surface area is 175 Å². The Kier molecular flexibility index (Phi) is 6.28. The Hall–Kier alpha value is -2.22. The molecule has 1 aromatic carbocycles. The summed E-state index contributed by atoms with van der Waals surface area (Å²) in [6.07, 6.45) is 6.39. The highest BCUT2D eigenvalue weighted by atomic mass is 32.2. The number of aromatic nitrogens is 2. The smallest absolute Gasteiger partial charge is 0.277 e. The van der Waals surface area contributed by atoms with E-state index >= 15 is 0 Å². The molecule has 29 heavy (non-hydrogen) atoms. The van der Waals surface area contributed by atoms with Gasteiger partial charge in [-0.05, 0) is 36.8 Å². The molecule has 8 heteroatoms. The standard InChI is InChI=1S/C21H27N3O4S/c1-26-17-9-16(10-18(11-17)27-2)20-22-23-21(28-20)29-13-19(25)24-8-7-14-5-3-4-6-15(14)12-24/h9-11,14-15H,3-8,12-13H2,1-2H3/t14-,15+/m1/s1. The van der Waals surface area contributed by atoms with Crippen LogP contribution in [0.5, 0.6) is 11.5 Å². The minimum atomic E-state index is 0.154. The number of methoxy groups -OCH3 is 2. The number of ether oxygens (including phenoxy) is 2. The van der Waals surface area contributed by atoms with Crippen molar-refractivity contribution in [3.63, 3.8) is 0 Å². The highest BCUT2D eigenvalue weighted by Crippen LogP contribution is 2.36. The van der Waals surface area contributed by atoms with Gasteiger partial charge in [-0.1, -0.05) is 31.0 Å². The number of fused-ring (bicyclic) bond motifs is 1. The van der Waals surface area contributed by atoms with Crippen molar-refractivity contribution in [2.75, 3.05) is 33.1 Å². The van der Waals surface area contributed by atoms with E-state index in [1.807, 2.05) is 17.0 Å². The molecule has 0 radical (unpaired) electrons. The van der Waals surface area contributed by atoms with Gasteiger partial charge in [0.15, 0.2) is 0 Å². The maximum absolute atomic E-state index is 12.7. The van der Waals surface area contributed by atoms with Crippen LogP contribution in [0, 0.1) is 11.8 Å². The van der Waals surface area contributed by atoms with Gasteiger partial charge < -0.3 is 18.8 Å². The molecule has 0 N–H and O–H groups in total. The highest BCUT2D eigenvalue weighted by Gasteiger charge is 2.32. The van der Waals surface area contributed by atoms with Crippen molar-refractivity contribution in [1.29, 1.82) is 0 Å². The van der Waals surface area contributed by atoms with Crippen LogP contribution in [0.1, 0.15) is 32.1 Å². The summed E-state index contributed by atoms with van der Waals surface area (Å²) in [5, 5.41) is 8.58. The second-order valence-electron chi connectivity index (χ2n) is 7.70. The van der Waals surface area contributed by atoms with E-state index < -0.39 is 0 Å². The van der Waals surface area contributed by atoms with E-state index in [0.717, 1.165) is 25.4 Å². The molecule has 1 aliphatic carbocycles. The van der Waals surface area contributed by atoms with Gasteiger partial charge in [0.25, 0.3) is 5.22 Å². The molecule has 2 heterocycles. The minimum Gasteiger partial charge on any atom is -0.497 e. The average Bonchev–Trinajstić information content (AvgIpc) is 3.26. The fourth-order valence-corrected chi connectivity index (χ4v) is 5.02. The van der Waals surface area contributed by atoms with Gasteiger partial charge in [0.1, 0.15) is 11.5 Å². The molecule has 2 atom stereocenters. The summed E-state index contributed by atoms with van der Waals surface area (Å²) >= 11 is 1.29. The van der Waals surface area contributed by atoms with Gasteiger partial charge in [-0.15, -0.1) is 10.2 Å². The van der Waals surface area contributed by atoms with Crippen LogP contribution in [0.15, 0.2) is 27.8 Å². The fraction of sp³-hybridized carbons (Fsp3) is 0.571. The van der Waals surface area contributed by atoms with E-state index in [0.29, 0.717) is 39.8 Å². The Bertz CT molecular complexity index is 834. The number of hydrogen-bond acceptors (Lipinski definition) is 7. The Morgan fingerprint density at radius 3 is 2.55 bits per heavy atom. The van der Waals surface area contributed by atoms with Crippen LogP contribution in [-0.4, -0.2) is 54.1 Å². The van der Waals surface area contributed by atoms with E-state index in [4.69, 9.17) is 13.9 Å². The molecule has 0 unspecified atom stereocenters. The van der Waals surface area contributed by atoms with Crippen molar-refractivity contribution in [2.45, 2.75) is 37.3 Å². The van der Waals surface area contributed by atoms with Crippen LogP contribution < -0.4 is 9.47 Å². The number of nitrogens with zero attached hydrogens (tertiary/aromatic N) is 3. The van der Waals surface area contributed by atoms with Crippen LogP contribution in [0.25, 0.3) is 11.5 Å². The molecule has 4 rings (SSSR count). The molecule has 1 saturated heterocycles. The van der Waals surface area contributed by atoms with Crippen LogP contribution in [-0.2, 0) is 4.79 Å². The monoisotopic (exact) mass is 417 g/mol. The number of carbonyl (C=O) groups is 1. The molecule has 2 fully saturated rings. The van der Waals surface area contributed by atoms with Crippen molar-refractivity contribution in [2.24, 2.45) is 11.8 Å². The first-order chi connectivity index (χ1) is 14.2. The first-order valence-corrected chi connectivity index (χ1v) is 11.1. The molecular weight excluding hydrogens is 390 g/mol. The molecule has 2 aromatic rings. The first-order valence-electron chi connectivity index (χ1n) is 10.1. The number of carbonyl (C=O) groups excluding carboxylic acids is 1. The summed E-state index contributed by atoms with van der Waals surface area (Å²) < 4.78 is 16.3. The van der Waals surface area contributed by atoms with Gasteiger partial charge in [0.05, 0.1) is 20.0 Å². The van der Waals surface area contributed by atoms with Crippen molar-refractivity contribution >= 4 is 17.7 Å². The fourth-order valence-electron chi connectivity index (χ4n) is 4.36. The summed E-state index contributed by atoms with van der Waals surface area (Å²) in [5.74, 6) is 3.65. The molecule has 1 aromatic heterocycles. The minimum absolute atomic E-state index is 0.154. The zero-order chi connectivity index (χ0) is 20.2. The summed E-state index contributed by atoms with van der Waals surface area (Å²) in [6, 6.07) is 5.40. The molecular formula is C21H27N3O4S. The lowest BCUT2D eigenvalue weighted by molar-refractivity contribution is -0.131. The third-order valence-corrected chi connectivity index (χ3v) is 6.77. The number of benzene rings is 1. The van der Waals surface area contributed by atoms with Crippen LogP contribution in [0.3, 0.4) is 0 Å². The van der Waals surface area contributed by atoms with Gasteiger partial charge in [0, 0.05) is 24.7 Å². The quantitative estimate of drug-likeness (QED) is 0.660. The van der Waals surface area contributed by atoms with E-state index in [9.17, 15) is 4.79 Å². The number of amides is 1. The van der Waals surface area contributed by atoms with E-state index in [-0.39, 0.29) is 5.91 Å². The Morgan fingerprint density at radius 1 is 1.10 bits per heavy atom. The topological polar surface area (TPSA) is 77.7 Å². The third-order valence-electron chi connectivity index (χ3n) is 5.97. The zero-order valence-corrected chi connectivity index (χ0v) is 17.7. The van der Waals surface area contributed by atoms with Crippen LogP contribution in [0.2, 0.25) is 0 Å². The number of piperidine rings is 1. The van der Waals surface area contributed by atoms with Crippen molar-refractivity contribution in [1.82, 2.24) is 15.1 Å². The van der Waals surface area contributed by atoms with Crippen molar-refractivity contribution < 1.29 is 18.7 Å². The number of hydrogen-bond donors (Lipinski definition) is 0. The molecule has 156 valence electrons. The molecule has 7 nitrogen and oxygen atoms in total. The molecule has 1 saturated carbocycles. The molecule has 1 aliphatic heterocycles. The predicted octanol–water partition coefficient (Wildman–Crippen LogP) is 3.88. The predicted molar refractivity (Wildman–Crippen MR) is 110 cm³/mol. The van der Waals surface area contributed by atoms with E-state index in [1.165, 1.54) is 37.4 Å². The summed E-state index contributed by atoms with van der Waals surface area (Å²) in [5.41, 5.74) is 0.714. The summed E-state index contributed by atoms with van der Waals surface area (Å²) in [6.45, 7) is 1.78. The number of thioether (sulfide) groups is 1. The number of rotatable bonds is 6. The van der Waals surface area contributed by atoms with Gasteiger partial charge in [-0.25, -0.2) is 0 Å². The maximum Gasteiger partial charge on any atom is 0.277 e. The molecule has 0 bridgehead atoms. The van der Waals surface area contributed by atoms with E-state index in [1.54, 1.807) is 20.3 Å². The lowest BCUT2D eigenvalue weighted by Gasteiger charge is -2.41. The van der Waals surface area contributed by atoms with Crippen LogP contribution in [0.4, 0.5) is 0 Å². The number of likely N-dealkylation sites (tertiary alicyclic amines) is 1. The molecule has 0 spiro atoms. The molecule has 2 aliphatic rings. The zero-order valence-electron chi connectivity index (χ0n) is 16.9. The second-order valence-corrected chi connectivity index (χ2v) is 8.62.